The molecule has 0 aromatic carbocycles. The standard InChI is InChI=1S/C15H26N4/c1-9-8-12(13(14(16)17)10(2)18-9)19(7)11(3)15(4,5)6/h8,11H,1-7H3,(H3,16,17). The van der Waals surface area contributed by atoms with Gasteiger partial charge in [0.05, 0.1) is 16.9 Å². The first-order chi connectivity index (χ1) is 8.55. The highest BCUT2D eigenvalue weighted by molar-refractivity contribution is 6.01. The number of nitrogens with two attached hydrogens (primary N) is 1. The molecule has 0 bridgehead atoms. The Labute approximate surface area is 116 Å². The summed E-state index contributed by atoms with van der Waals surface area (Å²) in [4.78, 5) is 6.60. The van der Waals surface area contributed by atoms with Crippen LogP contribution < -0.4 is 10.6 Å². The molecule has 19 heavy (non-hydrogen) atoms. The molecule has 0 radical (unpaired) electrons. The van der Waals surface area contributed by atoms with Crippen LogP contribution in [-0.2, 0) is 0 Å². The third-order valence-corrected chi connectivity index (χ3v) is 3.79. The van der Waals surface area contributed by atoms with Crippen LogP contribution in [0, 0.1) is 24.7 Å². The number of nitrogens with zero attached hydrogens (tertiary/aromatic N) is 2. The van der Waals surface area contributed by atoms with Gasteiger partial charge in [0.15, 0.2) is 0 Å². The maximum Gasteiger partial charge on any atom is 0.126 e. The Kier molecular flexibility index (Phi) is 4.23. The molecule has 0 fully saturated rings. The fourth-order valence-corrected chi connectivity index (χ4v) is 2.21. The normalized spacial score (nSPS) is 13.2. The second-order valence-corrected chi connectivity index (χ2v) is 6.31. The van der Waals surface area contributed by atoms with Gasteiger partial charge in [-0.1, -0.05) is 20.8 Å². The van der Waals surface area contributed by atoms with E-state index in [4.69, 9.17) is 11.1 Å². The van der Waals surface area contributed by atoms with E-state index in [-0.39, 0.29) is 11.3 Å². The summed E-state index contributed by atoms with van der Waals surface area (Å²) in [5.41, 5.74) is 9.37. The number of nitrogen functional groups attached to an aromatic ring is 1. The Morgan fingerprint density at radius 1 is 1.37 bits per heavy atom. The van der Waals surface area contributed by atoms with Crippen molar-refractivity contribution < 1.29 is 0 Å². The zero-order valence-electron chi connectivity index (χ0n) is 13.1. The van der Waals surface area contributed by atoms with Gasteiger partial charge in [-0.2, -0.15) is 0 Å². The van der Waals surface area contributed by atoms with E-state index in [1.807, 2.05) is 19.9 Å². The second-order valence-electron chi connectivity index (χ2n) is 6.31. The fraction of sp³-hybridized carbons (Fsp3) is 0.600. The third-order valence-electron chi connectivity index (χ3n) is 3.79. The summed E-state index contributed by atoms with van der Waals surface area (Å²) in [5.74, 6) is 0.0768. The van der Waals surface area contributed by atoms with Crippen molar-refractivity contribution in [1.82, 2.24) is 4.98 Å². The first-order valence-corrected chi connectivity index (χ1v) is 6.61. The van der Waals surface area contributed by atoms with Gasteiger partial charge >= 0.3 is 0 Å². The summed E-state index contributed by atoms with van der Waals surface area (Å²) < 4.78 is 0. The number of pyridine rings is 1. The van der Waals surface area contributed by atoms with Crippen LogP contribution >= 0.6 is 0 Å². The molecular formula is C15H26N4. The summed E-state index contributed by atoms with van der Waals surface area (Å²) in [6.45, 7) is 12.7. The van der Waals surface area contributed by atoms with Crippen LogP contribution in [0.25, 0.3) is 0 Å². The highest BCUT2D eigenvalue weighted by atomic mass is 15.1. The molecule has 1 aromatic rings. The van der Waals surface area contributed by atoms with E-state index in [1.54, 1.807) is 0 Å². The number of hydrogen-bond acceptors (Lipinski definition) is 3. The van der Waals surface area contributed by atoms with E-state index in [0.717, 1.165) is 22.6 Å². The number of amidine groups is 1. The Hall–Kier alpha value is -1.58. The lowest BCUT2D eigenvalue weighted by Gasteiger charge is -2.38. The van der Waals surface area contributed by atoms with Gasteiger partial charge in [-0.15, -0.1) is 0 Å². The van der Waals surface area contributed by atoms with Crippen LogP contribution in [0.2, 0.25) is 0 Å². The van der Waals surface area contributed by atoms with Gasteiger partial charge in [-0.3, -0.25) is 10.4 Å². The molecule has 3 N–H and O–H groups in total. The van der Waals surface area contributed by atoms with Crippen LogP contribution in [0.4, 0.5) is 5.69 Å². The van der Waals surface area contributed by atoms with E-state index >= 15 is 0 Å². The maximum absolute atomic E-state index is 7.79. The maximum atomic E-state index is 7.79. The topological polar surface area (TPSA) is 66.0 Å². The summed E-state index contributed by atoms with van der Waals surface area (Å²) >= 11 is 0. The van der Waals surface area contributed by atoms with Crippen LogP contribution in [-0.4, -0.2) is 23.9 Å². The molecule has 4 nitrogen and oxygen atoms in total. The summed E-state index contributed by atoms with van der Waals surface area (Å²) in [6.07, 6.45) is 0. The monoisotopic (exact) mass is 262 g/mol. The van der Waals surface area contributed by atoms with Gasteiger partial charge in [0.1, 0.15) is 5.84 Å². The molecule has 1 aromatic heterocycles. The van der Waals surface area contributed by atoms with E-state index in [9.17, 15) is 0 Å². The Balaban J connectivity index is 3.37. The molecule has 0 amide bonds. The van der Waals surface area contributed by atoms with Crippen LogP contribution in [0.1, 0.15) is 44.6 Å². The molecule has 0 saturated heterocycles. The average molecular weight is 262 g/mol. The summed E-state index contributed by atoms with van der Waals surface area (Å²) in [5, 5.41) is 7.79. The lowest BCUT2D eigenvalue weighted by Crippen LogP contribution is -2.40. The molecule has 1 unspecified atom stereocenters. The van der Waals surface area contributed by atoms with Crippen molar-refractivity contribution in [1.29, 1.82) is 5.41 Å². The van der Waals surface area contributed by atoms with E-state index in [1.165, 1.54) is 0 Å². The first-order valence-electron chi connectivity index (χ1n) is 6.61. The van der Waals surface area contributed by atoms with E-state index < -0.39 is 0 Å². The molecule has 0 spiro atoms. The van der Waals surface area contributed by atoms with Crippen LogP contribution in [0.3, 0.4) is 0 Å². The summed E-state index contributed by atoms with van der Waals surface area (Å²) in [6, 6.07) is 2.33. The SMILES string of the molecule is Cc1cc(N(C)C(C)C(C)(C)C)c(C(=N)N)c(C)n1. The molecule has 1 atom stereocenters. The van der Waals surface area contributed by atoms with Crippen LogP contribution in [0.15, 0.2) is 6.07 Å². The van der Waals surface area contributed by atoms with Gasteiger partial charge in [-0.25, -0.2) is 0 Å². The summed E-state index contributed by atoms with van der Waals surface area (Å²) in [7, 11) is 2.05. The van der Waals surface area contributed by atoms with Crippen LogP contribution in [0.5, 0.6) is 0 Å². The number of aryl methyl sites for hydroxylation is 2. The number of aromatic nitrogens is 1. The molecule has 106 valence electrons. The minimum Gasteiger partial charge on any atom is -0.384 e. The van der Waals surface area contributed by atoms with Crippen molar-refractivity contribution >= 4 is 11.5 Å². The number of nitrogens with one attached hydrogen (secondary N) is 1. The van der Waals surface area contributed by atoms with Gasteiger partial charge in [0, 0.05) is 18.8 Å². The fourth-order valence-electron chi connectivity index (χ4n) is 2.21. The van der Waals surface area contributed by atoms with E-state index in [0.29, 0.717) is 6.04 Å². The molecule has 0 aliphatic heterocycles. The van der Waals surface area contributed by atoms with Crippen molar-refractivity contribution in [3.05, 3.63) is 23.0 Å². The molecule has 0 aliphatic rings. The van der Waals surface area contributed by atoms with Gasteiger partial charge < -0.3 is 10.6 Å². The van der Waals surface area contributed by atoms with E-state index in [2.05, 4.69) is 44.6 Å². The predicted molar refractivity (Wildman–Crippen MR) is 82.0 cm³/mol. The zero-order valence-corrected chi connectivity index (χ0v) is 13.1. The van der Waals surface area contributed by atoms with Gasteiger partial charge in [0.2, 0.25) is 0 Å². The van der Waals surface area contributed by atoms with Gasteiger partial charge in [0.25, 0.3) is 0 Å². The largest absolute Gasteiger partial charge is 0.384 e. The second kappa shape index (κ2) is 5.19. The lowest BCUT2D eigenvalue weighted by molar-refractivity contribution is 0.329. The van der Waals surface area contributed by atoms with Crippen molar-refractivity contribution in [2.75, 3.05) is 11.9 Å². The Bertz CT molecular complexity index is 486. The van der Waals surface area contributed by atoms with Crippen molar-refractivity contribution in [3.63, 3.8) is 0 Å². The first kappa shape index (κ1) is 15.5. The highest BCUT2D eigenvalue weighted by Crippen LogP contribution is 2.30. The lowest BCUT2D eigenvalue weighted by atomic mass is 9.86. The quantitative estimate of drug-likeness (QED) is 0.650. The van der Waals surface area contributed by atoms with Crippen molar-refractivity contribution in [2.24, 2.45) is 11.1 Å². The molecule has 4 heteroatoms. The zero-order chi connectivity index (χ0) is 15.0. The Morgan fingerprint density at radius 3 is 2.32 bits per heavy atom. The molecule has 1 rings (SSSR count). The third kappa shape index (κ3) is 3.25. The minimum absolute atomic E-state index is 0.0768. The molecule has 0 saturated carbocycles. The molecular weight excluding hydrogens is 236 g/mol. The van der Waals surface area contributed by atoms with Crippen molar-refractivity contribution in [2.45, 2.75) is 47.6 Å². The Morgan fingerprint density at radius 2 is 1.89 bits per heavy atom. The smallest absolute Gasteiger partial charge is 0.126 e. The highest BCUT2D eigenvalue weighted by Gasteiger charge is 2.26. The predicted octanol–water partition coefficient (Wildman–Crippen LogP) is 2.85. The molecule has 1 heterocycles. The minimum atomic E-state index is 0.0768. The number of rotatable bonds is 3. The number of anilines is 1. The molecule has 0 aliphatic carbocycles. The van der Waals surface area contributed by atoms with Gasteiger partial charge in [-0.05, 0) is 32.3 Å². The van der Waals surface area contributed by atoms with Crippen molar-refractivity contribution in [3.8, 4) is 0 Å². The average Bonchev–Trinajstić information content (AvgIpc) is 2.23. The number of hydrogen-bond donors (Lipinski definition) is 2.